The van der Waals surface area contributed by atoms with Gasteiger partial charge in [0.15, 0.2) is 5.82 Å². The predicted octanol–water partition coefficient (Wildman–Crippen LogP) is 6.94. The fraction of sp³-hybridized carbons (Fsp3) is 0.0370. The third-order valence-corrected chi connectivity index (χ3v) is 5.17. The van der Waals surface area contributed by atoms with Crippen molar-refractivity contribution in [2.75, 3.05) is 0 Å². The molecule has 2 nitrogen and oxygen atoms in total. The van der Waals surface area contributed by atoms with E-state index in [4.69, 9.17) is 4.98 Å². The van der Waals surface area contributed by atoms with Gasteiger partial charge in [-0.05, 0) is 34.9 Å². The average Bonchev–Trinajstić information content (AvgIpc) is 2.79. The lowest BCUT2D eigenvalue weighted by atomic mass is 9.97. The molecule has 0 saturated carbocycles. The summed E-state index contributed by atoms with van der Waals surface area (Å²) in [6.45, 7) is 2.02. The quantitative estimate of drug-likeness (QED) is 0.343. The van der Waals surface area contributed by atoms with Gasteiger partial charge in [0, 0.05) is 16.8 Å². The fourth-order valence-electron chi connectivity index (χ4n) is 3.73. The number of hydrogen-bond acceptors (Lipinski definition) is 2. The molecule has 1 heterocycles. The first kappa shape index (κ1) is 17.3. The molecule has 0 atom stereocenters. The molecule has 0 unspecified atom stereocenters. The summed E-state index contributed by atoms with van der Waals surface area (Å²) in [4.78, 5) is 9.49. The Morgan fingerprint density at radius 3 is 2.07 bits per heavy atom. The van der Waals surface area contributed by atoms with Crippen LogP contribution in [0.4, 0.5) is 0 Å². The van der Waals surface area contributed by atoms with Crippen LogP contribution in [0.2, 0.25) is 0 Å². The van der Waals surface area contributed by atoms with Gasteiger partial charge in [0.05, 0.1) is 5.69 Å². The highest BCUT2D eigenvalue weighted by Gasteiger charge is 2.08. The summed E-state index contributed by atoms with van der Waals surface area (Å²) in [6.07, 6.45) is 0. The number of aryl methyl sites for hydroxylation is 1. The summed E-state index contributed by atoms with van der Waals surface area (Å²) in [5, 5.41) is 2.52. The Hall–Kier alpha value is -3.78. The summed E-state index contributed by atoms with van der Waals surface area (Å²) < 4.78 is 0. The second-order valence-corrected chi connectivity index (χ2v) is 7.19. The molecule has 1 aromatic heterocycles. The van der Waals surface area contributed by atoms with Gasteiger partial charge in [-0.25, -0.2) is 9.97 Å². The third kappa shape index (κ3) is 3.41. The molecule has 5 aromatic rings. The number of aromatic nitrogens is 2. The maximum Gasteiger partial charge on any atom is 0.160 e. The molecule has 0 aliphatic rings. The van der Waals surface area contributed by atoms with E-state index in [2.05, 4.69) is 83.8 Å². The van der Waals surface area contributed by atoms with Crippen LogP contribution >= 0.6 is 0 Å². The van der Waals surface area contributed by atoms with Gasteiger partial charge in [-0.3, -0.25) is 0 Å². The van der Waals surface area contributed by atoms with E-state index in [1.54, 1.807) is 0 Å². The second-order valence-electron chi connectivity index (χ2n) is 7.19. The molecule has 0 aliphatic carbocycles. The highest BCUT2D eigenvalue weighted by atomic mass is 14.9. The minimum Gasteiger partial charge on any atom is -0.233 e. The molecular formula is C27H20N2. The van der Waals surface area contributed by atoms with E-state index in [1.165, 1.54) is 21.9 Å². The van der Waals surface area contributed by atoms with E-state index in [-0.39, 0.29) is 0 Å². The zero-order chi connectivity index (χ0) is 19.6. The minimum atomic E-state index is 0.758. The van der Waals surface area contributed by atoms with Gasteiger partial charge >= 0.3 is 0 Å². The van der Waals surface area contributed by atoms with Crippen LogP contribution in [-0.4, -0.2) is 9.97 Å². The monoisotopic (exact) mass is 372 g/mol. The first-order chi connectivity index (χ1) is 14.3. The van der Waals surface area contributed by atoms with E-state index in [1.807, 2.05) is 31.2 Å². The SMILES string of the molecule is Cc1cc(-c2ccccc2)nc(-c2ccc(-c3cccc4ccccc34)cc2)n1. The molecule has 0 aliphatic heterocycles. The molecule has 138 valence electrons. The molecule has 0 fully saturated rings. The summed E-state index contributed by atoms with van der Waals surface area (Å²) in [7, 11) is 0. The summed E-state index contributed by atoms with van der Waals surface area (Å²) in [5.41, 5.74) is 6.48. The maximum atomic E-state index is 4.82. The largest absolute Gasteiger partial charge is 0.233 e. The minimum absolute atomic E-state index is 0.758. The molecule has 4 aromatic carbocycles. The van der Waals surface area contributed by atoms with E-state index >= 15 is 0 Å². The van der Waals surface area contributed by atoms with Gasteiger partial charge in [0.1, 0.15) is 0 Å². The molecule has 0 amide bonds. The first-order valence-corrected chi connectivity index (χ1v) is 9.78. The zero-order valence-electron chi connectivity index (χ0n) is 16.2. The number of nitrogens with zero attached hydrogens (tertiary/aromatic N) is 2. The molecule has 0 N–H and O–H groups in total. The van der Waals surface area contributed by atoms with Crippen LogP contribution in [0.5, 0.6) is 0 Å². The van der Waals surface area contributed by atoms with Crippen molar-refractivity contribution < 1.29 is 0 Å². The Labute approximate surface area is 170 Å². The highest BCUT2D eigenvalue weighted by Crippen LogP contribution is 2.30. The smallest absolute Gasteiger partial charge is 0.160 e. The highest BCUT2D eigenvalue weighted by molar-refractivity contribution is 5.96. The molecule has 0 spiro atoms. The van der Waals surface area contributed by atoms with Crippen molar-refractivity contribution >= 4 is 10.8 Å². The van der Waals surface area contributed by atoms with Crippen molar-refractivity contribution in [1.82, 2.24) is 9.97 Å². The maximum absolute atomic E-state index is 4.82. The van der Waals surface area contributed by atoms with Gasteiger partial charge in [0.25, 0.3) is 0 Å². The molecule has 5 rings (SSSR count). The van der Waals surface area contributed by atoms with E-state index in [9.17, 15) is 0 Å². The number of hydrogen-bond donors (Lipinski definition) is 0. The molecule has 2 heteroatoms. The van der Waals surface area contributed by atoms with Crippen LogP contribution in [0, 0.1) is 6.92 Å². The van der Waals surface area contributed by atoms with Crippen molar-refractivity contribution in [3.8, 4) is 33.8 Å². The van der Waals surface area contributed by atoms with Crippen LogP contribution in [0.25, 0.3) is 44.5 Å². The Morgan fingerprint density at radius 2 is 1.24 bits per heavy atom. The Morgan fingerprint density at radius 1 is 0.552 bits per heavy atom. The van der Waals surface area contributed by atoms with Crippen LogP contribution in [0.15, 0.2) is 103 Å². The number of rotatable bonds is 3. The predicted molar refractivity (Wildman–Crippen MR) is 121 cm³/mol. The van der Waals surface area contributed by atoms with Gasteiger partial charge in [-0.1, -0.05) is 97.1 Å². The summed E-state index contributed by atoms with van der Waals surface area (Å²) in [6, 6.07) is 35.7. The van der Waals surface area contributed by atoms with Crippen LogP contribution in [0.3, 0.4) is 0 Å². The Balaban J connectivity index is 1.55. The second kappa shape index (κ2) is 7.33. The van der Waals surface area contributed by atoms with Crippen LogP contribution < -0.4 is 0 Å². The summed E-state index contributed by atoms with van der Waals surface area (Å²) in [5.74, 6) is 0.758. The standard InChI is InChI=1S/C27H20N2/c1-19-18-26(22-9-3-2-4-10-22)29-27(28-19)23-16-14-21(15-17-23)25-13-7-11-20-8-5-6-12-24(20)25/h2-18H,1H3. The molecular weight excluding hydrogens is 352 g/mol. The van der Waals surface area contributed by atoms with E-state index in [0.29, 0.717) is 0 Å². The van der Waals surface area contributed by atoms with Crippen molar-refractivity contribution in [3.63, 3.8) is 0 Å². The van der Waals surface area contributed by atoms with Gasteiger partial charge in [-0.15, -0.1) is 0 Å². The van der Waals surface area contributed by atoms with E-state index < -0.39 is 0 Å². The van der Waals surface area contributed by atoms with Crippen molar-refractivity contribution in [2.45, 2.75) is 6.92 Å². The van der Waals surface area contributed by atoms with Crippen molar-refractivity contribution in [2.24, 2.45) is 0 Å². The Bertz CT molecular complexity index is 1280. The van der Waals surface area contributed by atoms with Gasteiger partial charge < -0.3 is 0 Å². The van der Waals surface area contributed by atoms with Crippen LogP contribution in [-0.2, 0) is 0 Å². The molecule has 0 bridgehead atoms. The van der Waals surface area contributed by atoms with Gasteiger partial charge in [0.2, 0.25) is 0 Å². The number of benzene rings is 4. The lowest BCUT2D eigenvalue weighted by molar-refractivity contribution is 1.12. The molecule has 29 heavy (non-hydrogen) atoms. The van der Waals surface area contributed by atoms with E-state index in [0.717, 1.165) is 28.3 Å². The average molecular weight is 372 g/mol. The molecule has 0 saturated heterocycles. The topological polar surface area (TPSA) is 25.8 Å². The normalized spacial score (nSPS) is 10.9. The Kier molecular flexibility index (Phi) is 4.38. The van der Waals surface area contributed by atoms with Crippen molar-refractivity contribution in [1.29, 1.82) is 0 Å². The number of fused-ring (bicyclic) bond motifs is 1. The lowest BCUT2D eigenvalue weighted by Gasteiger charge is -2.09. The van der Waals surface area contributed by atoms with Crippen LogP contribution in [0.1, 0.15) is 5.69 Å². The van der Waals surface area contributed by atoms with Crippen molar-refractivity contribution in [3.05, 3.63) is 109 Å². The zero-order valence-corrected chi connectivity index (χ0v) is 16.2. The summed E-state index contributed by atoms with van der Waals surface area (Å²) >= 11 is 0. The van der Waals surface area contributed by atoms with Gasteiger partial charge in [-0.2, -0.15) is 0 Å². The first-order valence-electron chi connectivity index (χ1n) is 9.78. The lowest BCUT2D eigenvalue weighted by Crippen LogP contribution is -1.95. The fourth-order valence-corrected chi connectivity index (χ4v) is 3.73. The molecule has 0 radical (unpaired) electrons. The third-order valence-electron chi connectivity index (χ3n) is 5.17.